The topological polar surface area (TPSA) is 55.6 Å². The third-order valence-electron chi connectivity index (χ3n) is 4.30. The summed E-state index contributed by atoms with van der Waals surface area (Å²) in [6.07, 6.45) is 1.96. The minimum Gasteiger partial charge on any atom is -0.452 e. The number of nitro benzene ring substituents is 1. The maximum absolute atomic E-state index is 11.1. The summed E-state index contributed by atoms with van der Waals surface area (Å²) in [7, 11) is 2.00. The molecule has 0 saturated carbocycles. The van der Waals surface area contributed by atoms with E-state index >= 15 is 0 Å². The smallest absolute Gasteiger partial charge is 0.271 e. The van der Waals surface area contributed by atoms with E-state index in [1.807, 2.05) is 32.2 Å². The summed E-state index contributed by atoms with van der Waals surface area (Å²) in [6, 6.07) is 11.2. The quantitative estimate of drug-likeness (QED) is 0.491. The normalized spacial score (nSPS) is 21.1. The molecule has 2 heterocycles. The number of hydrogen-bond acceptors (Lipinski definition) is 5. The SMILES string of the molecule is CC1=Cc2cc([N+](=O)[O-])cc(Br)c2OC12Sc1ccccc1N2C. The fourth-order valence-corrected chi connectivity index (χ4v) is 4.97. The Balaban J connectivity index is 1.85. The summed E-state index contributed by atoms with van der Waals surface area (Å²) in [6.45, 7) is 1.99. The molecule has 0 radical (unpaired) electrons. The van der Waals surface area contributed by atoms with Gasteiger partial charge in [-0.25, -0.2) is 0 Å². The average molecular weight is 405 g/mol. The minimum absolute atomic E-state index is 0.0416. The van der Waals surface area contributed by atoms with Crippen molar-refractivity contribution in [2.75, 3.05) is 11.9 Å². The van der Waals surface area contributed by atoms with Crippen LogP contribution in [0.5, 0.6) is 5.75 Å². The van der Waals surface area contributed by atoms with Crippen LogP contribution in [-0.2, 0) is 0 Å². The van der Waals surface area contributed by atoms with E-state index < -0.39 is 9.98 Å². The molecule has 0 amide bonds. The Morgan fingerprint density at radius 1 is 1.33 bits per heavy atom. The molecule has 0 bridgehead atoms. The van der Waals surface area contributed by atoms with Crippen molar-refractivity contribution in [2.24, 2.45) is 0 Å². The number of para-hydroxylation sites is 1. The summed E-state index contributed by atoms with van der Waals surface area (Å²) in [5.41, 5.74) is 2.85. The predicted molar refractivity (Wildman–Crippen MR) is 98.5 cm³/mol. The molecule has 1 unspecified atom stereocenters. The fraction of sp³-hybridized carbons (Fsp3) is 0.176. The second-order valence-corrected chi connectivity index (χ2v) is 7.79. The van der Waals surface area contributed by atoms with Gasteiger partial charge in [0.2, 0.25) is 0 Å². The van der Waals surface area contributed by atoms with Crippen LogP contribution in [0.4, 0.5) is 11.4 Å². The van der Waals surface area contributed by atoms with E-state index in [1.54, 1.807) is 17.8 Å². The van der Waals surface area contributed by atoms with Crippen LogP contribution in [0.3, 0.4) is 0 Å². The predicted octanol–water partition coefficient (Wildman–Crippen LogP) is 5.05. The molecule has 0 fully saturated rings. The van der Waals surface area contributed by atoms with Crippen molar-refractivity contribution in [2.45, 2.75) is 16.9 Å². The molecule has 122 valence electrons. The molecule has 1 atom stereocenters. The molecular weight excluding hydrogens is 392 g/mol. The van der Waals surface area contributed by atoms with Gasteiger partial charge in [0.1, 0.15) is 5.75 Å². The van der Waals surface area contributed by atoms with E-state index in [0.717, 1.165) is 16.2 Å². The van der Waals surface area contributed by atoms with Gasteiger partial charge >= 0.3 is 0 Å². The van der Waals surface area contributed by atoms with E-state index in [4.69, 9.17) is 4.74 Å². The highest BCUT2D eigenvalue weighted by molar-refractivity contribution is 9.10. The first-order chi connectivity index (χ1) is 11.4. The largest absolute Gasteiger partial charge is 0.452 e. The van der Waals surface area contributed by atoms with Gasteiger partial charge in [0, 0.05) is 35.2 Å². The summed E-state index contributed by atoms with van der Waals surface area (Å²) in [4.78, 5) is 13.9. The third kappa shape index (κ3) is 2.08. The fourth-order valence-electron chi connectivity index (χ4n) is 3.09. The number of anilines is 1. The maximum atomic E-state index is 11.1. The van der Waals surface area contributed by atoms with Crippen molar-refractivity contribution in [1.29, 1.82) is 0 Å². The van der Waals surface area contributed by atoms with E-state index in [9.17, 15) is 10.1 Å². The molecule has 4 rings (SSSR count). The van der Waals surface area contributed by atoms with Crippen LogP contribution >= 0.6 is 27.7 Å². The monoisotopic (exact) mass is 404 g/mol. The number of non-ortho nitro benzene ring substituents is 1. The molecule has 7 heteroatoms. The number of thioether (sulfide) groups is 1. The first-order valence-electron chi connectivity index (χ1n) is 7.30. The number of rotatable bonds is 1. The standard InChI is InChI=1S/C17H13BrN2O3S/c1-10-7-11-8-12(20(21)22)9-13(18)16(11)23-17(10)19(2)14-5-3-4-6-15(14)24-17/h3-9H,1-2H3. The lowest BCUT2D eigenvalue weighted by molar-refractivity contribution is -0.385. The number of nitro groups is 1. The van der Waals surface area contributed by atoms with Crippen molar-refractivity contribution in [3.05, 3.63) is 62.1 Å². The molecule has 0 aromatic heterocycles. The molecule has 0 saturated heterocycles. The molecule has 24 heavy (non-hydrogen) atoms. The van der Waals surface area contributed by atoms with Gasteiger partial charge in [-0.05, 0) is 52.8 Å². The number of likely N-dealkylation sites (N-methyl/N-ethyl adjacent to an activating group) is 1. The number of hydrogen-bond donors (Lipinski definition) is 0. The number of nitrogens with zero attached hydrogens (tertiary/aromatic N) is 2. The lowest BCUT2D eigenvalue weighted by Crippen LogP contribution is -2.48. The van der Waals surface area contributed by atoms with E-state index in [2.05, 4.69) is 33.0 Å². The Hall–Kier alpha value is -1.99. The minimum atomic E-state index is -0.671. The number of ether oxygens (including phenoxy) is 1. The summed E-state index contributed by atoms with van der Waals surface area (Å²) in [5, 5.41) is 10.4. The van der Waals surface area contributed by atoms with Gasteiger partial charge in [-0.1, -0.05) is 12.1 Å². The highest BCUT2D eigenvalue weighted by Crippen LogP contribution is 2.56. The first kappa shape index (κ1) is 15.5. The Morgan fingerprint density at radius 2 is 2.08 bits per heavy atom. The molecule has 2 aliphatic rings. The van der Waals surface area contributed by atoms with E-state index in [-0.39, 0.29) is 5.69 Å². The molecule has 5 nitrogen and oxygen atoms in total. The molecule has 2 aromatic rings. The second kappa shape index (κ2) is 5.26. The zero-order valence-corrected chi connectivity index (χ0v) is 15.3. The average Bonchev–Trinajstić information content (AvgIpc) is 2.83. The molecule has 1 spiro atoms. The zero-order valence-electron chi connectivity index (χ0n) is 12.9. The Morgan fingerprint density at radius 3 is 2.79 bits per heavy atom. The molecule has 0 N–H and O–H groups in total. The van der Waals surface area contributed by atoms with E-state index in [0.29, 0.717) is 15.8 Å². The van der Waals surface area contributed by atoms with E-state index in [1.165, 1.54) is 6.07 Å². The van der Waals surface area contributed by atoms with Gasteiger partial charge < -0.3 is 9.64 Å². The lowest BCUT2D eigenvalue weighted by atomic mass is 10.0. The van der Waals surface area contributed by atoms with Crippen LogP contribution in [0.15, 0.2) is 51.3 Å². The van der Waals surface area contributed by atoms with Crippen LogP contribution in [0.25, 0.3) is 6.08 Å². The van der Waals surface area contributed by atoms with Crippen LogP contribution < -0.4 is 9.64 Å². The lowest BCUT2D eigenvalue weighted by Gasteiger charge is -2.40. The van der Waals surface area contributed by atoms with Gasteiger partial charge in [0.05, 0.1) is 15.1 Å². The third-order valence-corrected chi connectivity index (χ3v) is 6.41. The molecular formula is C17H13BrN2O3S. The highest BCUT2D eigenvalue weighted by atomic mass is 79.9. The Kier molecular flexibility index (Phi) is 3.40. The van der Waals surface area contributed by atoms with Crippen LogP contribution in [0.2, 0.25) is 0 Å². The highest BCUT2D eigenvalue weighted by Gasteiger charge is 2.49. The molecule has 0 aliphatic carbocycles. The van der Waals surface area contributed by atoms with Gasteiger partial charge in [-0.3, -0.25) is 10.1 Å². The molecule has 2 aromatic carbocycles. The second-order valence-electron chi connectivity index (χ2n) is 5.74. The van der Waals surface area contributed by atoms with Crippen LogP contribution in [0.1, 0.15) is 12.5 Å². The number of benzene rings is 2. The Bertz CT molecular complexity index is 915. The zero-order chi connectivity index (χ0) is 17.1. The van der Waals surface area contributed by atoms with Gasteiger partial charge in [0.25, 0.3) is 10.7 Å². The Labute approximate surface area is 151 Å². The summed E-state index contributed by atoms with van der Waals surface area (Å²) >= 11 is 5.06. The van der Waals surface area contributed by atoms with Crippen molar-refractivity contribution in [3.63, 3.8) is 0 Å². The molecule has 2 aliphatic heterocycles. The number of halogens is 1. The van der Waals surface area contributed by atoms with Crippen LogP contribution in [0, 0.1) is 10.1 Å². The van der Waals surface area contributed by atoms with Gasteiger partial charge in [0.15, 0.2) is 0 Å². The van der Waals surface area contributed by atoms with Crippen molar-refractivity contribution in [1.82, 2.24) is 0 Å². The van der Waals surface area contributed by atoms with Crippen LogP contribution in [-0.4, -0.2) is 17.0 Å². The first-order valence-corrected chi connectivity index (χ1v) is 8.91. The van der Waals surface area contributed by atoms with Crippen molar-refractivity contribution < 1.29 is 9.66 Å². The number of fused-ring (bicyclic) bond motifs is 2. The van der Waals surface area contributed by atoms with Crippen molar-refractivity contribution >= 4 is 45.1 Å². The maximum Gasteiger partial charge on any atom is 0.271 e. The van der Waals surface area contributed by atoms with Gasteiger partial charge in [-0.15, -0.1) is 0 Å². The summed E-state index contributed by atoms with van der Waals surface area (Å²) in [5.74, 6) is 0.623. The van der Waals surface area contributed by atoms with Gasteiger partial charge in [-0.2, -0.15) is 0 Å². The van der Waals surface area contributed by atoms with Crippen molar-refractivity contribution in [3.8, 4) is 5.75 Å². The summed E-state index contributed by atoms with van der Waals surface area (Å²) < 4.78 is 6.99.